The van der Waals surface area contributed by atoms with Gasteiger partial charge in [-0.2, -0.15) is 5.10 Å². The largest absolute Gasteiger partial charge is 0.316 e. The number of nitrogens with zero attached hydrogens (tertiary/aromatic N) is 2. The standard InChI is InChI=1S/C14H27N3/c1-12(2)11-15-8-6-5-7-9-17-14(4)10-13(3)16-17/h10,12,15H,5-9,11H2,1-4H3. The second-order valence-corrected chi connectivity index (χ2v) is 5.31. The molecule has 0 aromatic carbocycles. The normalized spacial score (nSPS) is 11.4. The van der Waals surface area contributed by atoms with Crippen LogP contribution in [0.2, 0.25) is 0 Å². The van der Waals surface area contributed by atoms with Crippen molar-refractivity contribution in [1.82, 2.24) is 15.1 Å². The van der Waals surface area contributed by atoms with Crippen LogP contribution >= 0.6 is 0 Å². The molecule has 0 aliphatic rings. The predicted octanol–water partition coefficient (Wildman–Crippen LogP) is 2.92. The monoisotopic (exact) mass is 237 g/mol. The minimum Gasteiger partial charge on any atom is -0.316 e. The zero-order valence-electron chi connectivity index (χ0n) is 11.8. The molecule has 0 atom stereocenters. The Kier molecular flexibility index (Phi) is 6.27. The number of nitrogens with one attached hydrogen (secondary N) is 1. The van der Waals surface area contributed by atoms with E-state index in [9.17, 15) is 0 Å². The SMILES string of the molecule is Cc1cc(C)n(CCCCCNCC(C)C)n1. The van der Waals surface area contributed by atoms with Gasteiger partial charge in [0.25, 0.3) is 0 Å². The van der Waals surface area contributed by atoms with E-state index in [2.05, 4.69) is 48.9 Å². The third-order valence-corrected chi connectivity index (χ3v) is 2.88. The quantitative estimate of drug-likeness (QED) is 0.705. The first-order chi connectivity index (χ1) is 8.09. The molecule has 0 aliphatic heterocycles. The van der Waals surface area contributed by atoms with Gasteiger partial charge in [-0.15, -0.1) is 0 Å². The molecule has 98 valence electrons. The van der Waals surface area contributed by atoms with Gasteiger partial charge in [-0.05, 0) is 51.8 Å². The zero-order chi connectivity index (χ0) is 12.7. The van der Waals surface area contributed by atoms with Crippen molar-refractivity contribution in [3.05, 3.63) is 17.5 Å². The summed E-state index contributed by atoms with van der Waals surface area (Å²) in [5, 5.41) is 7.94. The minimum absolute atomic E-state index is 0.754. The van der Waals surface area contributed by atoms with Gasteiger partial charge in [0, 0.05) is 12.2 Å². The lowest BCUT2D eigenvalue weighted by atomic mass is 10.2. The third-order valence-electron chi connectivity index (χ3n) is 2.88. The maximum Gasteiger partial charge on any atom is 0.0596 e. The fraction of sp³-hybridized carbons (Fsp3) is 0.786. The highest BCUT2D eigenvalue weighted by Crippen LogP contribution is 2.04. The molecule has 0 unspecified atom stereocenters. The van der Waals surface area contributed by atoms with Crippen LogP contribution in [0.4, 0.5) is 0 Å². The number of aromatic nitrogens is 2. The van der Waals surface area contributed by atoms with E-state index in [1.54, 1.807) is 0 Å². The van der Waals surface area contributed by atoms with Gasteiger partial charge in [0.15, 0.2) is 0 Å². The summed E-state index contributed by atoms with van der Waals surface area (Å²) in [4.78, 5) is 0. The van der Waals surface area contributed by atoms with E-state index in [0.717, 1.165) is 31.2 Å². The molecule has 17 heavy (non-hydrogen) atoms. The van der Waals surface area contributed by atoms with Crippen molar-refractivity contribution in [2.24, 2.45) is 5.92 Å². The average Bonchev–Trinajstić information content (AvgIpc) is 2.55. The molecule has 0 radical (unpaired) electrons. The van der Waals surface area contributed by atoms with Crippen LogP contribution in [-0.2, 0) is 6.54 Å². The van der Waals surface area contributed by atoms with Gasteiger partial charge in [-0.3, -0.25) is 4.68 Å². The van der Waals surface area contributed by atoms with Gasteiger partial charge >= 0.3 is 0 Å². The number of aryl methyl sites for hydroxylation is 3. The summed E-state index contributed by atoms with van der Waals surface area (Å²) in [6.07, 6.45) is 3.78. The molecule has 0 spiro atoms. The summed E-state index contributed by atoms with van der Waals surface area (Å²) < 4.78 is 2.12. The zero-order valence-corrected chi connectivity index (χ0v) is 11.8. The number of hydrogen-bond donors (Lipinski definition) is 1. The van der Waals surface area contributed by atoms with Crippen LogP contribution in [0.25, 0.3) is 0 Å². The molecule has 0 saturated heterocycles. The molecule has 0 saturated carbocycles. The molecule has 0 fully saturated rings. The van der Waals surface area contributed by atoms with Crippen LogP contribution in [0.3, 0.4) is 0 Å². The van der Waals surface area contributed by atoms with Gasteiger partial charge in [-0.25, -0.2) is 0 Å². The lowest BCUT2D eigenvalue weighted by Crippen LogP contribution is -2.20. The highest BCUT2D eigenvalue weighted by atomic mass is 15.3. The summed E-state index contributed by atoms with van der Waals surface area (Å²) in [6.45, 7) is 12.0. The summed E-state index contributed by atoms with van der Waals surface area (Å²) in [7, 11) is 0. The Hall–Kier alpha value is -0.830. The van der Waals surface area contributed by atoms with Crippen LogP contribution in [0.15, 0.2) is 6.07 Å². The summed E-state index contributed by atoms with van der Waals surface area (Å²) in [5.41, 5.74) is 2.40. The van der Waals surface area contributed by atoms with Crippen molar-refractivity contribution in [3.63, 3.8) is 0 Å². The van der Waals surface area contributed by atoms with Crippen molar-refractivity contribution >= 4 is 0 Å². The fourth-order valence-electron chi connectivity index (χ4n) is 1.98. The Bertz CT molecular complexity index is 315. The smallest absolute Gasteiger partial charge is 0.0596 e. The number of hydrogen-bond acceptors (Lipinski definition) is 2. The van der Waals surface area contributed by atoms with E-state index in [-0.39, 0.29) is 0 Å². The van der Waals surface area contributed by atoms with Gasteiger partial charge in [0.05, 0.1) is 5.69 Å². The molecule has 1 rings (SSSR count). The van der Waals surface area contributed by atoms with Gasteiger partial charge in [0.2, 0.25) is 0 Å². The highest BCUT2D eigenvalue weighted by molar-refractivity contribution is 5.06. The number of unbranched alkanes of at least 4 members (excludes halogenated alkanes) is 2. The van der Waals surface area contributed by atoms with E-state index in [1.165, 1.54) is 25.0 Å². The topological polar surface area (TPSA) is 29.9 Å². The van der Waals surface area contributed by atoms with E-state index in [4.69, 9.17) is 0 Å². The first-order valence-electron chi connectivity index (χ1n) is 6.81. The Morgan fingerprint density at radius 1 is 1.24 bits per heavy atom. The molecule has 3 heteroatoms. The highest BCUT2D eigenvalue weighted by Gasteiger charge is 2.00. The lowest BCUT2D eigenvalue weighted by molar-refractivity contribution is 0.501. The van der Waals surface area contributed by atoms with Crippen molar-refractivity contribution in [2.75, 3.05) is 13.1 Å². The minimum atomic E-state index is 0.754. The molecular formula is C14H27N3. The molecule has 3 nitrogen and oxygen atoms in total. The Balaban J connectivity index is 2.03. The molecule has 1 aromatic rings. The molecular weight excluding hydrogens is 210 g/mol. The van der Waals surface area contributed by atoms with Crippen molar-refractivity contribution in [3.8, 4) is 0 Å². The molecule has 1 N–H and O–H groups in total. The molecule has 1 heterocycles. The molecule has 1 aromatic heterocycles. The van der Waals surface area contributed by atoms with Gasteiger partial charge in [-0.1, -0.05) is 20.3 Å². The van der Waals surface area contributed by atoms with Crippen LogP contribution in [-0.4, -0.2) is 22.9 Å². The molecule has 0 bridgehead atoms. The third kappa shape index (κ3) is 5.87. The van der Waals surface area contributed by atoms with Crippen LogP contribution < -0.4 is 5.32 Å². The summed E-state index contributed by atoms with van der Waals surface area (Å²) in [6, 6.07) is 2.14. The second-order valence-electron chi connectivity index (χ2n) is 5.31. The van der Waals surface area contributed by atoms with Crippen molar-refractivity contribution in [1.29, 1.82) is 0 Å². The van der Waals surface area contributed by atoms with Gasteiger partial charge in [0.1, 0.15) is 0 Å². The van der Waals surface area contributed by atoms with E-state index in [1.807, 2.05) is 0 Å². The molecule has 0 amide bonds. The van der Waals surface area contributed by atoms with Crippen LogP contribution in [0.1, 0.15) is 44.5 Å². The van der Waals surface area contributed by atoms with E-state index >= 15 is 0 Å². The lowest BCUT2D eigenvalue weighted by Gasteiger charge is -2.07. The maximum atomic E-state index is 4.47. The predicted molar refractivity (Wildman–Crippen MR) is 73.3 cm³/mol. The maximum absolute atomic E-state index is 4.47. The van der Waals surface area contributed by atoms with Crippen molar-refractivity contribution < 1.29 is 0 Å². The van der Waals surface area contributed by atoms with Crippen LogP contribution in [0, 0.1) is 19.8 Å². The Morgan fingerprint density at radius 3 is 2.59 bits per heavy atom. The fourth-order valence-corrected chi connectivity index (χ4v) is 1.98. The van der Waals surface area contributed by atoms with E-state index < -0.39 is 0 Å². The van der Waals surface area contributed by atoms with Crippen LogP contribution in [0.5, 0.6) is 0 Å². The second kappa shape index (κ2) is 7.49. The first kappa shape index (κ1) is 14.2. The summed E-state index contributed by atoms with van der Waals surface area (Å²) >= 11 is 0. The first-order valence-corrected chi connectivity index (χ1v) is 6.81. The molecule has 0 aliphatic carbocycles. The summed E-state index contributed by atoms with van der Waals surface area (Å²) in [5.74, 6) is 0.754. The Labute approximate surface area is 106 Å². The number of rotatable bonds is 8. The van der Waals surface area contributed by atoms with Crippen molar-refractivity contribution in [2.45, 2.75) is 53.5 Å². The average molecular weight is 237 g/mol. The van der Waals surface area contributed by atoms with Gasteiger partial charge < -0.3 is 5.32 Å². The van der Waals surface area contributed by atoms with E-state index in [0.29, 0.717) is 0 Å². The Morgan fingerprint density at radius 2 is 2.00 bits per heavy atom.